The summed E-state index contributed by atoms with van der Waals surface area (Å²) in [5.74, 6) is 0. The number of nitrogens with zero attached hydrogens (tertiary/aromatic N) is 1. The van der Waals surface area contributed by atoms with Gasteiger partial charge in [0.15, 0.2) is 0 Å². The summed E-state index contributed by atoms with van der Waals surface area (Å²) in [5, 5.41) is 9.55. The summed E-state index contributed by atoms with van der Waals surface area (Å²) in [4.78, 5) is 0. The Morgan fingerprint density at radius 1 is 1.56 bits per heavy atom. The van der Waals surface area contributed by atoms with Crippen LogP contribution in [0.15, 0.2) is 28.2 Å². The summed E-state index contributed by atoms with van der Waals surface area (Å²) in [6.45, 7) is 2.01. The summed E-state index contributed by atoms with van der Waals surface area (Å²) in [6, 6.07) is 7.63. The van der Waals surface area contributed by atoms with E-state index >= 15 is 0 Å². The number of benzene rings is 1. The van der Waals surface area contributed by atoms with Crippen molar-refractivity contribution in [3.8, 4) is 6.07 Å². The molecule has 0 saturated carbocycles. The Hall–Kier alpha value is -0.980. The van der Waals surface area contributed by atoms with Gasteiger partial charge >= 0.3 is 0 Å². The van der Waals surface area contributed by atoms with Crippen LogP contribution in [0.25, 0.3) is 5.70 Å². The zero-order valence-corrected chi connectivity index (χ0v) is 11.3. The Bertz CT molecular complexity index is 461. The lowest BCUT2D eigenvalue weighted by atomic mass is 10.0. The Morgan fingerprint density at radius 3 is 2.81 bits per heavy atom. The molecule has 0 aliphatic carbocycles. The van der Waals surface area contributed by atoms with Crippen LogP contribution in [0.2, 0.25) is 5.02 Å². The van der Waals surface area contributed by atoms with Crippen molar-refractivity contribution in [2.45, 2.75) is 19.8 Å². The Kier molecular flexibility index (Phi) is 4.85. The van der Waals surface area contributed by atoms with E-state index in [1.807, 2.05) is 25.1 Å². The topological polar surface area (TPSA) is 49.8 Å². The molecule has 0 atom stereocenters. The fourth-order valence-corrected chi connectivity index (χ4v) is 1.97. The highest BCUT2D eigenvalue weighted by Crippen LogP contribution is 2.30. The van der Waals surface area contributed by atoms with E-state index in [0.29, 0.717) is 28.3 Å². The Balaban J connectivity index is 3.28. The van der Waals surface area contributed by atoms with Crippen LogP contribution in [-0.4, -0.2) is 0 Å². The van der Waals surface area contributed by atoms with E-state index in [1.165, 1.54) is 0 Å². The number of nitrogens with two attached hydrogens (primary N) is 1. The Morgan fingerprint density at radius 2 is 2.25 bits per heavy atom. The molecule has 2 nitrogen and oxygen atoms in total. The molecule has 0 bridgehead atoms. The van der Waals surface area contributed by atoms with Gasteiger partial charge in [0.25, 0.3) is 0 Å². The van der Waals surface area contributed by atoms with Crippen molar-refractivity contribution in [1.82, 2.24) is 0 Å². The number of rotatable bonds is 3. The third-order valence-electron chi connectivity index (χ3n) is 2.20. The number of allylic oxidation sites excluding steroid dienone is 1. The average Bonchev–Trinajstić information content (AvgIpc) is 2.29. The van der Waals surface area contributed by atoms with E-state index in [4.69, 9.17) is 22.6 Å². The normalized spacial score (nSPS) is 11.9. The summed E-state index contributed by atoms with van der Waals surface area (Å²) >= 11 is 9.45. The van der Waals surface area contributed by atoms with Gasteiger partial charge in [-0.15, -0.1) is 0 Å². The van der Waals surface area contributed by atoms with Crippen molar-refractivity contribution in [3.63, 3.8) is 0 Å². The third-order valence-corrected chi connectivity index (χ3v) is 3.50. The van der Waals surface area contributed by atoms with Crippen molar-refractivity contribution in [2.75, 3.05) is 0 Å². The van der Waals surface area contributed by atoms with Crippen molar-refractivity contribution in [2.24, 2.45) is 5.73 Å². The molecule has 0 unspecified atom stereocenters. The number of hydrogen-bond donors (Lipinski definition) is 1. The first kappa shape index (κ1) is 13.1. The van der Waals surface area contributed by atoms with Gasteiger partial charge in [-0.1, -0.05) is 37.1 Å². The first-order valence-electron chi connectivity index (χ1n) is 4.94. The number of hydrogen-bond acceptors (Lipinski definition) is 2. The van der Waals surface area contributed by atoms with Gasteiger partial charge in [0.2, 0.25) is 0 Å². The third kappa shape index (κ3) is 2.78. The maximum absolute atomic E-state index is 9.01. The van der Waals surface area contributed by atoms with Crippen LogP contribution in [0.5, 0.6) is 0 Å². The molecule has 0 aliphatic heterocycles. The van der Waals surface area contributed by atoms with Gasteiger partial charge in [-0.3, -0.25) is 0 Å². The fourth-order valence-electron chi connectivity index (χ4n) is 1.38. The Labute approximate surface area is 109 Å². The fraction of sp³-hybridized carbons (Fsp3) is 0.250. The molecule has 0 aromatic heterocycles. The molecule has 0 amide bonds. The maximum Gasteiger partial charge on any atom is 0.0968 e. The lowest BCUT2D eigenvalue weighted by molar-refractivity contribution is 0.929. The molecule has 0 radical (unpaired) electrons. The van der Waals surface area contributed by atoms with E-state index in [2.05, 4.69) is 22.0 Å². The van der Waals surface area contributed by atoms with Gasteiger partial charge in [0.1, 0.15) is 0 Å². The number of halogens is 2. The minimum absolute atomic E-state index is 0.468. The van der Waals surface area contributed by atoms with E-state index in [9.17, 15) is 0 Å². The maximum atomic E-state index is 9.01. The molecular formula is C12H12BrClN2. The van der Waals surface area contributed by atoms with Crippen LogP contribution >= 0.6 is 27.5 Å². The first-order valence-corrected chi connectivity index (χ1v) is 6.12. The molecule has 0 spiro atoms. The average molecular weight is 300 g/mol. The lowest BCUT2D eigenvalue weighted by Gasteiger charge is -2.08. The molecule has 1 aromatic carbocycles. The second kappa shape index (κ2) is 5.93. The van der Waals surface area contributed by atoms with Gasteiger partial charge in [0.05, 0.1) is 22.4 Å². The van der Waals surface area contributed by atoms with Crippen LogP contribution in [0.1, 0.15) is 25.3 Å². The molecular weight excluding hydrogens is 288 g/mol. The van der Waals surface area contributed by atoms with Gasteiger partial charge < -0.3 is 5.73 Å². The van der Waals surface area contributed by atoms with E-state index in [1.54, 1.807) is 0 Å². The van der Waals surface area contributed by atoms with Gasteiger partial charge in [-0.25, -0.2) is 0 Å². The monoisotopic (exact) mass is 298 g/mol. The molecule has 4 heteroatoms. The van der Waals surface area contributed by atoms with Gasteiger partial charge in [-0.2, -0.15) is 5.26 Å². The highest BCUT2D eigenvalue weighted by molar-refractivity contribution is 9.10. The minimum Gasteiger partial charge on any atom is -0.397 e. The predicted molar refractivity (Wildman–Crippen MR) is 70.8 cm³/mol. The second-order valence-electron chi connectivity index (χ2n) is 3.36. The van der Waals surface area contributed by atoms with Gasteiger partial charge in [0, 0.05) is 10.0 Å². The largest absolute Gasteiger partial charge is 0.397 e. The second-order valence-corrected chi connectivity index (χ2v) is 4.59. The zero-order chi connectivity index (χ0) is 12.1. The molecule has 0 saturated heterocycles. The quantitative estimate of drug-likeness (QED) is 0.854. The van der Waals surface area contributed by atoms with Crippen LogP contribution in [0, 0.1) is 11.3 Å². The van der Waals surface area contributed by atoms with Crippen molar-refractivity contribution < 1.29 is 0 Å². The molecule has 16 heavy (non-hydrogen) atoms. The molecule has 2 N–H and O–H groups in total. The summed E-state index contributed by atoms with van der Waals surface area (Å²) in [5.41, 5.74) is 7.72. The van der Waals surface area contributed by atoms with Crippen molar-refractivity contribution in [1.29, 1.82) is 5.26 Å². The standard InChI is InChI=1S/C12H12BrClN2/c1-2-4-8(7-15)12(16)9-5-3-6-10(13)11(9)14/h3,5-6H,2,4,16H2,1H3/b12-8-. The highest BCUT2D eigenvalue weighted by Gasteiger charge is 2.10. The highest BCUT2D eigenvalue weighted by atomic mass is 79.9. The van der Waals surface area contributed by atoms with Crippen LogP contribution in [-0.2, 0) is 0 Å². The predicted octanol–water partition coefficient (Wildman–Crippen LogP) is 4.10. The van der Waals surface area contributed by atoms with Crippen LogP contribution in [0.3, 0.4) is 0 Å². The summed E-state index contributed by atoms with van der Waals surface area (Å²) in [7, 11) is 0. The molecule has 0 fully saturated rings. The number of nitriles is 1. The molecule has 1 aromatic rings. The summed E-state index contributed by atoms with van der Waals surface area (Å²) in [6.07, 6.45) is 1.56. The first-order chi connectivity index (χ1) is 7.61. The van der Waals surface area contributed by atoms with E-state index < -0.39 is 0 Å². The minimum atomic E-state index is 0.468. The van der Waals surface area contributed by atoms with E-state index in [0.717, 1.165) is 10.9 Å². The summed E-state index contributed by atoms with van der Waals surface area (Å²) < 4.78 is 0.781. The van der Waals surface area contributed by atoms with Crippen LogP contribution in [0.4, 0.5) is 0 Å². The van der Waals surface area contributed by atoms with E-state index in [-0.39, 0.29) is 0 Å². The zero-order valence-electron chi connectivity index (χ0n) is 8.93. The van der Waals surface area contributed by atoms with Gasteiger partial charge in [-0.05, 0) is 28.4 Å². The lowest BCUT2D eigenvalue weighted by Crippen LogP contribution is -2.02. The SMILES string of the molecule is CCC/C(C#N)=C(/N)c1cccc(Br)c1Cl. The smallest absolute Gasteiger partial charge is 0.0968 e. The molecule has 0 heterocycles. The molecule has 0 aliphatic rings. The molecule has 1 rings (SSSR count). The van der Waals surface area contributed by atoms with Crippen molar-refractivity contribution >= 4 is 33.2 Å². The van der Waals surface area contributed by atoms with Crippen LogP contribution < -0.4 is 5.73 Å². The molecule has 84 valence electrons. The van der Waals surface area contributed by atoms with Crippen molar-refractivity contribution in [3.05, 3.63) is 38.8 Å².